The van der Waals surface area contributed by atoms with Crippen LogP contribution in [0, 0.1) is 13.8 Å². The maximum Gasteiger partial charge on any atom is 1.00 e. The standard InChI is InChI=1S/C13H13N7O6S3.2Na/c1-6-11(16-17-13-15-7(2)19-27-13)12(14)20(18-6)9-5-8(28-26-25-21)3-4-10(9)29(22,23)24;;/h3-5,21H,14H2,1-2H3,(H,22,23,24);;/q;2*+1/p-2. The first-order valence-electron chi connectivity index (χ1n) is 7.51. The van der Waals surface area contributed by atoms with Crippen molar-refractivity contribution in [1.29, 1.82) is 0 Å². The minimum Gasteiger partial charge on any atom is -0.744 e. The Kier molecular flexibility index (Phi) is 11.2. The molecule has 0 aliphatic rings. The molecule has 2 heterocycles. The third-order valence-corrected chi connectivity index (χ3v) is 5.55. The smallest absolute Gasteiger partial charge is 0.744 e. The maximum absolute atomic E-state index is 11.7. The van der Waals surface area contributed by atoms with Crippen LogP contribution in [0.1, 0.15) is 11.5 Å². The quantitative estimate of drug-likeness (QED) is 0.0815. The summed E-state index contributed by atoms with van der Waals surface area (Å²) in [7, 11) is -4.87. The van der Waals surface area contributed by atoms with E-state index in [4.69, 9.17) is 5.73 Å². The topological polar surface area (TPSA) is 193 Å². The summed E-state index contributed by atoms with van der Waals surface area (Å²) in [6.07, 6.45) is 0. The van der Waals surface area contributed by atoms with E-state index >= 15 is 0 Å². The van der Waals surface area contributed by atoms with Crippen molar-refractivity contribution in [3.63, 3.8) is 0 Å². The molecule has 0 bridgehead atoms. The molecule has 0 unspecified atom stereocenters. The van der Waals surface area contributed by atoms with E-state index in [1.165, 1.54) is 12.1 Å². The van der Waals surface area contributed by atoms with Crippen molar-refractivity contribution >= 4 is 50.3 Å². The first kappa shape index (κ1) is 28.6. The van der Waals surface area contributed by atoms with Gasteiger partial charge < -0.3 is 15.5 Å². The molecule has 0 aliphatic carbocycles. The average molecular weight is 503 g/mol. The zero-order valence-corrected chi connectivity index (χ0v) is 23.1. The van der Waals surface area contributed by atoms with Crippen LogP contribution in [-0.2, 0) is 19.5 Å². The number of azo groups is 1. The van der Waals surface area contributed by atoms with Crippen LogP contribution in [0.2, 0.25) is 0 Å². The molecule has 0 saturated carbocycles. The van der Waals surface area contributed by atoms with Crippen LogP contribution in [0.3, 0.4) is 0 Å². The Morgan fingerprint density at radius 3 is 2.55 bits per heavy atom. The number of nitrogens with two attached hydrogens (primary N) is 1. The fourth-order valence-corrected chi connectivity index (χ4v) is 3.77. The van der Waals surface area contributed by atoms with Gasteiger partial charge in [-0.25, -0.2) is 18.1 Å². The van der Waals surface area contributed by atoms with E-state index in [-0.39, 0.29) is 81.2 Å². The van der Waals surface area contributed by atoms with Crippen LogP contribution in [0.5, 0.6) is 0 Å². The molecule has 31 heavy (non-hydrogen) atoms. The van der Waals surface area contributed by atoms with Crippen molar-refractivity contribution in [1.82, 2.24) is 19.1 Å². The number of nitrogens with zero attached hydrogens (tertiary/aromatic N) is 6. The largest absolute Gasteiger partial charge is 1.00 e. The zero-order chi connectivity index (χ0) is 21.2. The fraction of sp³-hybridized carbons (Fsp3) is 0.154. The van der Waals surface area contributed by atoms with Crippen molar-refractivity contribution in [3.8, 4) is 5.69 Å². The summed E-state index contributed by atoms with van der Waals surface area (Å²) >= 11 is 1.54. The third-order valence-electron chi connectivity index (χ3n) is 3.40. The van der Waals surface area contributed by atoms with Gasteiger partial charge in [0.25, 0.3) is 0 Å². The molecule has 0 saturated heterocycles. The first-order valence-corrected chi connectivity index (χ1v) is 10.4. The summed E-state index contributed by atoms with van der Waals surface area (Å²) in [6.45, 7) is 3.27. The van der Waals surface area contributed by atoms with E-state index in [1.807, 2.05) is 0 Å². The van der Waals surface area contributed by atoms with Gasteiger partial charge in [-0.15, -0.1) is 10.2 Å². The molecule has 0 radical (unpaired) electrons. The van der Waals surface area contributed by atoms with Crippen LogP contribution < -0.4 is 70.1 Å². The molecule has 3 aromatic rings. The van der Waals surface area contributed by atoms with Gasteiger partial charge in [0.05, 0.1) is 28.3 Å². The molecule has 0 fully saturated rings. The van der Waals surface area contributed by atoms with Crippen molar-refractivity contribution in [2.75, 3.05) is 5.73 Å². The molecule has 0 spiro atoms. The fourth-order valence-electron chi connectivity index (χ4n) is 2.24. The molecule has 0 aliphatic heterocycles. The zero-order valence-electron chi connectivity index (χ0n) is 16.7. The minimum absolute atomic E-state index is 0. The Morgan fingerprint density at radius 1 is 1.26 bits per heavy atom. The normalized spacial score (nSPS) is 11.4. The SMILES string of the molecule is Cc1nsc(N=Nc2c(C)nn(-c3cc(SOO[O-])ccc3S(=O)(=O)[O-])c2N)n1.[Na+].[Na+]. The van der Waals surface area contributed by atoms with Crippen LogP contribution in [0.4, 0.5) is 16.6 Å². The monoisotopic (exact) mass is 503 g/mol. The summed E-state index contributed by atoms with van der Waals surface area (Å²) in [5.41, 5.74) is 6.39. The third kappa shape index (κ3) is 7.00. The molecule has 0 atom stereocenters. The number of aryl methyl sites for hydroxylation is 2. The molecule has 3 rings (SSSR count). The summed E-state index contributed by atoms with van der Waals surface area (Å²) in [4.78, 5) is 3.71. The number of anilines is 1. The Hall–Kier alpha value is -0.470. The van der Waals surface area contributed by atoms with Crippen molar-refractivity contribution < 1.29 is 86.7 Å². The first-order chi connectivity index (χ1) is 13.7. The molecule has 0 amide bonds. The van der Waals surface area contributed by atoms with Gasteiger partial charge in [0, 0.05) is 16.4 Å². The van der Waals surface area contributed by atoms with E-state index < -0.39 is 15.0 Å². The van der Waals surface area contributed by atoms with Gasteiger partial charge in [-0.2, -0.15) is 13.8 Å². The van der Waals surface area contributed by atoms with Gasteiger partial charge in [-0.3, -0.25) is 5.04 Å². The number of aromatic nitrogens is 4. The van der Waals surface area contributed by atoms with Gasteiger partial charge in [-0.05, 0) is 32.0 Å². The molecule has 1 aromatic carbocycles. The van der Waals surface area contributed by atoms with Gasteiger partial charge in [-0.1, -0.05) is 0 Å². The van der Waals surface area contributed by atoms with E-state index in [2.05, 4.69) is 34.1 Å². The molecule has 18 heteroatoms. The Labute approximate surface area is 229 Å². The summed E-state index contributed by atoms with van der Waals surface area (Å²) < 4.78 is 44.2. The molecule has 13 nitrogen and oxygen atoms in total. The Bertz CT molecular complexity index is 1180. The van der Waals surface area contributed by atoms with Crippen molar-refractivity contribution in [3.05, 3.63) is 29.7 Å². The van der Waals surface area contributed by atoms with E-state index in [1.54, 1.807) is 13.8 Å². The second-order valence-corrected chi connectivity index (χ2v) is 8.21. The van der Waals surface area contributed by atoms with E-state index in [0.29, 0.717) is 28.7 Å². The van der Waals surface area contributed by atoms with Gasteiger partial charge in [0.15, 0.2) is 11.5 Å². The Balaban J connectivity index is 0.00000240. The van der Waals surface area contributed by atoms with Crippen LogP contribution in [0.25, 0.3) is 5.69 Å². The molecular weight excluding hydrogens is 492 g/mol. The maximum atomic E-state index is 11.7. The Morgan fingerprint density at radius 2 is 1.97 bits per heavy atom. The van der Waals surface area contributed by atoms with Gasteiger partial charge in [0.1, 0.15) is 15.9 Å². The van der Waals surface area contributed by atoms with Crippen LogP contribution in [0.15, 0.2) is 38.2 Å². The predicted octanol–water partition coefficient (Wildman–Crippen LogP) is -4.52. The second kappa shape index (κ2) is 12.1. The molecule has 2 N–H and O–H groups in total. The second-order valence-electron chi connectivity index (χ2n) is 5.36. The molecule has 154 valence electrons. The number of nitrogen functional groups attached to an aromatic ring is 1. The number of hydrogen-bond donors (Lipinski definition) is 1. The van der Waals surface area contributed by atoms with Crippen LogP contribution in [-0.4, -0.2) is 32.1 Å². The number of rotatable bonds is 7. The van der Waals surface area contributed by atoms with E-state index in [0.717, 1.165) is 22.3 Å². The van der Waals surface area contributed by atoms with E-state index in [9.17, 15) is 18.2 Å². The molecule has 2 aromatic heterocycles. The van der Waals surface area contributed by atoms with Crippen molar-refractivity contribution in [2.24, 2.45) is 10.2 Å². The molecular formula is C13H11N7Na2O6S3. The van der Waals surface area contributed by atoms with Crippen LogP contribution >= 0.6 is 23.6 Å². The minimum atomic E-state index is -4.87. The number of hydrogen-bond acceptors (Lipinski definition) is 14. The summed E-state index contributed by atoms with van der Waals surface area (Å²) in [6, 6.07) is 3.53. The van der Waals surface area contributed by atoms with Gasteiger partial charge >= 0.3 is 59.1 Å². The predicted molar refractivity (Wildman–Crippen MR) is 97.5 cm³/mol. The summed E-state index contributed by atoms with van der Waals surface area (Å²) in [5.74, 6) is 0.466. The number of benzene rings is 1. The van der Waals surface area contributed by atoms with Gasteiger partial charge in [0.2, 0.25) is 5.13 Å². The average Bonchev–Trinajstić information content (AvgIpc) is 3.20. The summed E-state index contributed by atoms with van der Waals surface area (Å²) in [5, 5.41) is 25.7. The van der Waals surface area contributed by atoms with Crippen molar-refractivity contribution in [2.45, 2.75) is 23.6 Å².